The lowest BCUT2D eigenvalue weighted by Gasteiger charge is -2.36. The normalized spacial score (nSPS) is 26.7. The Morgan fingerprint density at radius 2 is 1.93 bits per heavy atom. The van der Waals surface area contributed by atoms with E-state index in [0.717, 1.165) is 24.9 Å². The third kappa shape index (κ3) is 2.41. The van der Waals surface area contributed by atoms with E-state index < -0.39 is 0 Å². The summed E-state index contributed by atoms with van der Waals surface area (Å²) in [5, 5.41) is 0. The minimum atomic E-state index is 0.594. The summed E-state index contributed by atoms with van der Waals surface area (Å²) in [7, 11) is 0. The number of nitrogen functional groups attached to an aromatic ring is 1. The number of nitrogens with two attached hydrogens (primary N) is 1. The molecule has 0 amide bonds. The van der Waals surface area contributed by atoms with E-state index in [4.69, 9.17) is 5.73 Å². The molecule has 2 heterocycles. The van der Waals surface area contributed by atoms with Crippen molar-refractivity contribution >= 4 is 11.5 Å². The molecule has 0 saturated carbocycles. The Balaban J connectivity index is 2.12. The Morgan fingerprint density at radius 3 is 2.47 bits per heavy atom. The van der Waals surface area contributed by atoms with Gasteiger partial charge in [-0.3, -0.25) is 0 Å². The first-order chi connectivity index (χ1) is 7.15. The second-order valence-corrected chi connectivity index (χ2v) is 4.79. The van der Waals surface area contributed by atoms with Gasteiger partial charge in [0.2, 0.25) is 0 Å². The van der Waals surface area contributed by atoms with Gasteiger partial charge in [-0.05, 0) is 30.4 Å². The van der Waals surface area contributed by atoms with E-state index in [2.05, 4.69) is 29.8 Å². The summed E-state index contributed by atoms with van der Waals surface area (Å²) >= 11 is 0. The van der Waals surface area contributed by atoms with Gasteiger partial charge >= 0.3 is 0 Å². The monoisotopic (exact) mass is 205 g/mol. The maximum atomic E-state index is 5.58. The van der Waals surface area contributed by atoms with Crippen molar-refractivity contribution in [2.45, 2.75) is 20.3 Å². The average molecular weight is 205 g/mol. The van der Waals surface area contributed by atoms with Gasteiger partial charge in [0, 0.05) is 13.1 Å². The van der Waals surface area contributed by atoms with Gasteiger partial charge < -0.3 is 10.6 Å². The maximum absolute atomic E-state index is 5.58. The summed E-state index contributed by atoms with van der Waals surface area (Å²) in [5.41, 5.74) is 6.78. The quantitative estimate of drug-likeness (QED) is 0.763. The van der Waals surface area contributed by atoms with E-state index in [9.17, 15) is 0 Å². The van der Waals surface area contributed by atoms with Crippen LogP contribution >= 0.6 is 0 Å². The maximum Gasteiger partial charge on any atom is 0.123 e. The van der Waals surface area contributed by atoms with Gasteiger partial charge in [0.25, 0.3) is 0 Å². The van der Waals surface area contributed by atoms with Gasteiger partial charge in [-0.1, -0.05) is 13.8 Å². The topological polar surface area (TPSA) is 42.1 Å². The first kappa shape index (κ1) is 10.3. The fraction of sp³-hybridized carbons (Fsp3) is 0.583. The predicted molar refractivity (Wildman–Crippen MR) is 63.8 cm³/mol. The molecule has 0 spiro atoms. The number of nitrogens with zero attached hydrogens (tertiary/aromatic N) is 2. The van der Waals surface area contributed by atoms with Crippen molar-refractivity contribution in [2.75, 3.05) is 23.7 Å². The van der Waals surface area contributed by atoms with Gasteiger partial charge in [0.15, 0.2) is 0 Å². The van der Waals surface area contributed by atoms with Crippen molar-refractivity contribution in [2.24, 2.45) is 11.8 Å². The average Bonchev–Trinajstić information content (AvgIpc) is 2.17. The molecule has 0 aromatic carbocycles. The minimum Gasteiger partial charge on any atom is -0.384 e. The van der Waals surface area contributed by atoms with Gasteiger partial charge in [0.05, 0.1) is 11.9 Å². The van der Waals surface area contributed by atoms with E-state index in [1.165, 1.54) is 12.1 Å². The molecule has 0 unspecified atom stereocenters. The molecule has 1 aliphatic rings. The molecule has 1 saturated heterocycles. The Labute approximate surface area is 91.3 Å². The first-order valence-electron chi connectivity index (χ1n) is 5.61. The predicted octanol–water partition coefficient (Wildman–Crippen LogP) is 2.15. The zero-order valence-corrected chi connectivity index (χ0v) is 9.48. The van der Waals surface area contributed by atoms with Gasteiger partial charge in [-0.15, -0.1) is 0 Å². The lowest BCUT2D eigenvalue weighted by molar-refractivity contribution is 0.357. The molecule has 2 N–H and O–H groups in total. The third-order valence-electron chi connectivity index (χ3n) is 3.00. The minimum absolute atomic E-state index is 0.594. The SMILES string of the molecule is C[C@@H]1C[C@H](C)CN(c2ccc(N)nc2)C1. The zero-order valence-electron chi connectivity index (χ0n) is 9.48. The first-order valence-corrected chi connectivity index (χ1v) is 5.61. The highest BCUT2D eigenvalue weighted by Crippen LogP contribution is 2.25. The van der Waals surface area contributed by atoms with Gasteiger partial charge in [-0.25, -0.2) is 4.98 Å². The second-order valence-electron chi connectivity index (χ2n) is 4.79. The van der Waals surface area contributed by atoms with Crippen LogP contribution in [-0.4, -0.2) is 18.1 Å². The highest BCUT2D eigenvalue weighted by Gasteiger charge is 2.21. The molecule has 15 heavy (non-hydrogen) atoms. The van der Waals surface area contributed by atoms with Crippen molar-refractivity contribution in [1.82, 2.24) is 4.98 Å². The second kappa shape index (κ2) is 4.09. The summed E-state index contributed by atoms with van der Waals surface area (Å²) in [6.07, 6.45) is 3.21. The fourth-order valence-electron chi connectivity index (χ4n) is 2.46. The number of hydrogen-bond donors (Lipinski definition) is 1. The largest absolute Gasteiger partial charge is 0.384 e. The van der Waals surface area contributed by atoms with Crippen molar-refractivity contribution in [3.63, 3.8) is 0 Å². The Bertz CT molecular complexity index is 310. The molecule has 1 aliphatic heterocycles. The molecule has 3 heteroatoms. The number of hydrogen-bond acceptors (Lipinski definition) is 3. The fourth-order valence-corrected chi connectivity index (χ4v) is 2.46. The number of piperidine rings is 1. The zero-order chi connectivity index (χ0) is 10.8. The molecule has 0 radical (unpaired) electrons. The number of anilines is 2. The van der Waals surface area contributed by atoms with Crippen LogP contribution in [0.5, 0.6) is 0 Å². The van der Waals surface area contributed by atoms with E-state index in [1.54, 1.807) is 0 Å². The summed E-state index contributed by atoms with van der Waals surface area (Å²) in [5.74, 6) is 2.13. The van der Waals surface area contributed by atoms with Crippen LogP contribution in [0.2, 0.25) is 0 Å². The Kier molecular flexibility index (Phi) is 2.80. The van der Waals surface area contributed by atoms with E-state index in [0.29, 0.717) is 5.82 Å². The lowest BCUT2D eigenvalue weighted by atomic mass is 9.92. The van der Waals surface area contributed by atoms with Crippen molar-refractivity contribution in [3.05, 3.63) is 18.3 Å². The highest BCUT2D eigenvalue weighted by molar-refractivity contribution is 5.48. The van der Waals surface area contributed by atoms with Crippen LogP contribution in [0.25, 0.3) is 0 Å². The van der Waals surface area contributed by atoms with Gasteiger partial charge in [0.1, 0.15) is 5.82 Å². The summed E-state index contributed by atoms with van der Waals surface area (Å²) in [4.78, 5) is 6.55. The van der Waals surface area contributed by atoms with E-state index >= 15 is 0 Å². The summed E-state index contributed by atoms with van der Waals surface area (Å²) in [6, 6.07) is 3.94. The smallest absolute Gasteiger partial charge is 0.123 e. The molecule has 2 atom stereocenters. The standard InChI is InChI=1S/C12H19N3/c1-9-5-10(2)8-15(7-9)11-3-4-12(13)14-6-11/h3-4,6,9-10H,5,7-8H2,1-2H3,(H2,13,14)/t9-,10+. The number of rotatable bonds is 1. The summed E-state index contributed by atoms with van der Waals surface area (Å²) in [6.45, 7) is 6.90. The van der Waals surface area contributed by atoms with Crippen LogP contribution in [0.4, 0.5) is 11.5 Å². The molecular formula is C12H19N3. The molecule has 1 fully saturated rings. The third-order valence-corrected chi connectivity index (χ3v) is 3.00. The highest BCUT2D eigenvalue weighted by atomic mass is 15.1. The van der Waals surface area contributed by atoms with Crippen molar-refractivity contribution in [1.29, 1.82) is 0 Å². The lowest BCUT2D eigenvalue weighted by Crippen LogP contribution is -2.38. The van der Waals surface area contributed by atoms with E-state index in [-0.39, 0.29) is 0 Å². The Hall–Kier alpha value is -1.25. The van der Waals surface area contributed by atoms with Gasteiger partial charge in [-0.2, -0.15) is 0 Å². The number of pyridine rings is 1. The summed E-state index contributed by atoms with van der Waals surface area (Å²) < 4.78 is 0. The molecule has 1 aromatic rings. The number of aromatic nitrogens is 1. The van der Waals surface area contributed by atoms with Crippen LogP contribution in [0.3, 0.4) is 0 Å². The molecule has 1 aromatic heterocycles. The van der Waals surface area contributed by atoms with Crippen LogP contribution in [-0.2, 0) is 0 Å². The van der Waals surface area contributed by atoms with Crippen LogP contribution in [0.15, 0.2) is 18.3 Å². The van der Waals surface area contributed by atoms with Crippen molar-refractivity contribution < 1.29 is 0 Å². The van der Waals surface area contributed by atoms with E-state index in [1.807, 2.05) is 12.3 Å². The molecule has 0 aliphatic carbocycles. The molecular weight excluding hydrogens is 186 g/mol. The van der Waals surface area contributed by atoms with Crippen LogP contribution < -0.4 is 10.6 Å². The molecule has 82 valence electrons. The molecule has 3 nitrogen and oxygen atoms in total. The Morgan fingerprint density at radius 1 is 1.27 bits per heavy atom. The van der Waals surface area contributed by atoms with Crippen LogP contribution in [0.1, 0.15) is 20.3 Å². The van der Waals surface area contributed by atoms with Crippen LogP contribution in [0, 0.1) is 11.8 Å². The van der Waals surface area contributed by atoms with Crippen molar-refractivity contribution in [3.8, 4) is 0 Å². The molecule has 0 bridgehead atoms. The molecule has 2 rings (SSSR count).